The van der Waals surface area contributed by atoms with Crippen LogP contribution >= 0.6 is 43.2 Å². The van der Waals surface area contributed by atoms with Gasteiger partial charge in [-0.05, 0) is 48.6 Å². The van der Waals surface area contributed by atoms with Crippen LogP contribution in [0.3, 0.4) is 0 Å². The summed E-state index contributed by atoms with van der Waals surface area (Å²) in [6.07, 6.45) is 2.04. The number of hydrogen-bond acceptors (Lipinski definition) is 9. The molecule has 4 N–H and O–H groups in total. The van der Waals surface area contributed by atoms with Gasteiger partial charge in [0.05, 0.1) is 30.1 Å². The van der Waals surface area contributed by atoms with E-state index in [1.165, 1.54) is 24.5 Å². The normalized spacial score (nSPS) is 12.3. The molecule has 0 bridgehead atoms. The molecule has 42 heavy (non-hydrogen) atoms. The lowest BCUT2D eigenvalue weighted by Crippen LogP contribution is -2.24. The number of pyridine rings is 1. The Balaban J connectivity index is 2.22. The first-order valence-corrected chi connectivity index (χ1v) is 23.0. The molecule has 11 nitrogen and oxygen atoms in total. The van der Waals surface area contributed by atoms with Crippen LogP contribution in [0.2, 0.25) is 61.4 Å². The van der Waals surface area contributed by atoms with Gasteiger partial charge in [-0.3, -0.25) is 24.8 Å². The smallest absolute Gasteiger partial charge is 0.444 e. The Morgan fingerprint density at radius 1 is 1.12 bits per heavy atom. The van der Waals surface area contributed by atoms with Crippen LogP contribution in [-0.4, -0.2) is 51.8 Å². The number of thiocarbonyl (C=S) groups is 1. The van der Waals surface area contributed by atoms with E-state index >= 15 is 0 Å². The van der Waals surface area contributed by atoms with Crippen molar-refractivity contribution in [1.82, 2.24) is 10.4 Å². The summed E-state index contributed by atoms with van der Waals surface area (Å²) in [4.78, 5) is 16.8. The molecule has 17 heteroatoms. The summed E-state index contributed by atoms with van der Waals surface area (Å²) < 4.78 is 36.6. The predicted molar refractivity (Wildman–Crippen MR) is 178 cm³/mol. The van der Waals surface area contributed by atoms with Gasteiger partial charge in [0.25, 0.3) is 0 Å². The second-order valence-electron chi connectivity index (χ2n) is 11.6. The summed E-state index contributed by atoms with van der Waals surface area (Å²) in [5, 5.41) is 6.73. The second-order valence-corrected chi connectivity index (χ2v) is 25.7. The van der Waals surface area contributed by atoms with Gasteiger partial charge in [0, 0.05) is 32.9 Å². The molecule has 0 unspecified atom stereocenters. The zero-order chi connectivity index (χ0) is 31.6. The lowest BCUT2D eigenvalue weighted by Gasteiger charge is -2.24. The third kappa shape index (κ3) is 14.0. The first kappa shape index (κ1) is 36.2. The van der Waals surface area contributed by atoms with Crippen LogP contribution in [0.15, 0.2) is 35.6 Å². The Morgan fingerprint density at radius 2 is 1.74 bits per heavy atom. The second kappa shape index (κ2) is 16.2. The lowest BCUT2D eigenvalue weighted by atomic mass is 10.2. The topological polar surface area (TPSA) is 146 Å². The average molecular weight is 695 g/mol. The first-order chi connectivity index (χ1) is 19.5. The molecule has 1 aromatic heterocycles. The highest BCUT2D eigenvalue weighted by atomic mass is 35.5. The minimum atomic E-state index is -4.10. The van der Waals surface area contributed by atoms with Gasteiger partial charge in [0.1, 0.15) is 12.3 Å². The maximum absolute atomic E-state index is 13.8. The van der Waals surface area contributed by atoms with Crippen LogP contribution in [0.25, 0.3) is 0 Å². The molecule has 0 spiro atoms. The molecule has 0 aliphatic heterocycles. The summed E-state index contributed by atoms with van der Waals surface area (Å²) in [6, 6.07) is 7.65. The van der Waals surface area contributed by atoms with Gasteiger partial charge in [0.15, 0.2) is 10.9 Å². The van der Waals surface area contributed by atoms with Gasteiger partial charge in [-0.1, -0.05) is 62.5 Å². The monoisotopic (exact) mass is 693 g/mol. The van der Waals surface area contributed by atoms with Crippen molar-refractivity contribution in [3.8, 4) is 5.75 Å². The van der Waals surface area contributed by atoms with E-state index in [-0.39, 0.29) is 46.3 Å². The van der Waals surface area contributed by atoms with E-state index in [1.807, 2.05) is 0 Å². The predicted octanol–water partition coefficient (Wildman–Crippen LogP) is 7.50. The van der Waals surface area contributed by atoms with Gasteiger partial charge in [-0.25, -0.2) is 9.36 Å². The largest absolute Gasteiger partial charge is 0.530 e. The standard InChI is InChI=1S/C25H38Cl2N5O6PSSi2/c1-41(2,3)12-10-36-39(34,37-11-13-42(4,5)6)38-23-18(14-19(26)15-20(23)27)17-35-25(33)31-21-8-7-9-29-22(21)16-30-32-24(28)40/h7-9,14-16H,10-13,17H2,1-6H3,(H,31,33)(H3,28,32,40). The van der Waals surface area contributed by atoms with Gasteiger partial charge in [-0.2, -0.15) is 5.10 Å². The van der Waals surface area contributed by atoms with E-state index in [0.717, 1.165) is 12.1 Å². The number of ether oxygens (including phenoxy) is 1. The number of anilines is 1. The fourth-order valence-electron chi connectivity index (χ4n) is 3.02. The number of nitrogens with zero attached hydrogens (tertiary/aromatic N) is 2. The van der Waals surface area contributed by atoms with Gasteiger partial charge >= 0.3 is 13.9 Å². The molecule has 0 aliphatic rings. The molecule has 1 aromatic carbocycles. The van der Waals surface area contributed by atoms with Gasteiger partial charge < -0.3 is 15.0 Å². The molecule has 0 atom stereocenters. The van der Waals surface area contributed by atoms with Crippen LogP contribution in [-0.2, 0) is 25.0 Å². The number of carbonyl (C=O) groups excluding carboxylic acids is 1. The van der Waals surface area contributed by atoms with E-state index in [1.54, 1.807) is 12.1 Å². The molecule has 2 aromatic rings. The third-order valence-corrected chi connectivity index (χ3v) is 10.7. The average Bonchev–Trinajstić information content (AvgIpc) is 2.84. The number of hydrazone groups is 1. The molecule has 232 valence electrons. The number of hydrogen-bond donors (Lipinski definition) is 3. The first-order valence-electron chi connectivity index (χ1n) is 13.0. The van der Waals surface area contributed by atoms with Gasteiger partial charge in [-0.15, -0.1) is 0 Å². The van der Waals surface area contributed by atoms with Crippen molar-refractivity contribution in [1.29, 1.82) is 0 Å². The van der Waals surface area contributed by atoms with E-state index < -0.39 is 30.1 Å². The van der Waals surface area contributed by atoms with Crippen LogP contribution in [0.5, 0.6) is 5.75 Å². The van der Waals surface area contributed by atoms with Crippen molar-refractivity contribution in [3.63, 3.8) is 0 Å². The number of nitrogens with one attached hydrogen (secondary N) is 2. The Kier molecular flexibility index (Phi) is 13.9. The minimum absolute atomic E-state index is 0.0174. The zero-order valence-corrected chi connectivity index (χ0v) is 29.8. The van der Waals surface area contributed by atoms with Crippen LogP contribution in [0.1, 0.15) is 11.3 Å². The van der Waals surface area contributed by atoms with E-state index in [2.05, 4.69) is 60.1 Å². The molecule has 1 heterocycles. The number of phosphoric acid groups is 1. The quantitative estimate of drug-likeness (QED) is 0.0563. The van der Waals surface area contributed by atoms with Crippen LogP contribution < -0.4 is 21.0 Å². The van der Waals surface area contributed by atoms with Gasteiger partial charge in [0.2, 0.25) is 0 Å². The molecular formula is C25H38Cl2N5O6PSSi2. The highest BCUT2D eigenvalue weighted by Gasteiger charge is 2.33. The Labute approximate surface area is 264 Å². The SMILES string of the molecule is C[Si](C)(C)CCOP(=O)(OCC[Si](C)(C)C)Oc1c(Cl)cc(Cl)cc1COC(=O)Nc1cccnc1C=NNC(N)=S. The van der Waals surface area contributed by atoms with E-state index in [9.17, 15) is 9.36 Å². The lowest BCUT2D eigenvalue weighted by molar-refractivity contribution is 0.151. The number of aromatic nitrogens is 1. The highest BCUT2D eigenvalue weighted by molar-refractivity contribution is 7.80. The van der Waals surface area contributed by atoms with Crippen molar-refractivity contribution in [2.45, 2.75) is 58.0 Å². The number of carbonyl (C=O) groups is 1. The van der Waals surface area contributed by atoms with Crippen LogP contribution in [0, 0.1) is 0 Å². The number of benzene rings is 1. The van der Waals surface area contributed by atoms with E-state index in [0.29, 0.717) is 11.4 Å². The summed E-state index contributed by atoms with van der Waals surface area (Å²) >= 11 is 17.4. The number of halogens is 2. The van der Waals surface area contributed by atoms with Crippen molar-refractivity contribution in [3.05, 3.63) is 51.8 Å². The molecule has 0 saturated heterocycles. The molecular weight excluding hydrogens is 656 g/mol. The van der Waals surface area contributed by atoms with E-state index in [4.69, 9.17) is 59.5 Å². The maximum Gasteiger partial charge on any atom is 0.530 e. The third-order valence-electron chi connectivity index (χ3n) is 5.29. The molecule has 0 aliphatic carbocycles. The Morgan fingerprint density at radius 3 is 2.31 bits per heavy atom. The van der Waals surface area contributed by atoms with Crippen LogP contribution in [0.4, 0.5) is 10.5 Å². The maximum atomic E-state index is 13.8. The van der Waals surface area contributed by atoms with Crippen molar-refractivity contribution in [2.75, 3.05) is 18.5 Å². The Hall–Kier alpha value is -2.04. The number of amides is 1. The number of nitrogens with two attached hydrogens (primary N) is 1. The highest BCUT2D eigenvalue weighted by Crippen LogP contribution is 2.53. The van der Waals surface area contributed by atoms with Crippen molar-refractivity contribution < 1.29 is 27.7 Å². The summed E-state index contributed by atoms with van der Waals surface area (Å²) in [5.74, 6) is -0.0174. The van der Waals surface area contributed by atoms with Crippen molar-refractivity contribution >= 4 is 82.5 Å². The molecule has 0 fully saturated rings. The summed E-state index contributed by atoms with van der Waals surface area (Å²) in [6.45, 7) is 13.1. The molecule has 0 radical (unpaired) electrons. The number of phosphoric ester groups is 1. The minimum Gasteiger partial charge on any atom is -0.444 e. The zero-order valence-electron chi connectivity index (χ0n) is 24.5. The summed E-state index contributed by atoms with van der Waals surface area (Å²) in [7, 11) is -7.09. The molecule has 1 amide bonds. The Bertz CT molecular complexity index is 1300. The van der Waals surface area contributed by atoms with Crippen molar-refractivity contribution in [2.24, 2.45) is 10.8 Å². The molecule has 0 saturated carbocycles. The summed E-state index contributed by atoms with van der Waals surface area (Å²) in [5.41, 5.74) is 8.67. The fraction of sp³-hybridized carbons (Fsp3) is 0.440. The number of rotatable bonds is 15. The fourth-order valence-corrected chi connectivity index (χ4v) is 6.73. The molecule has 2 rings (SSSR count).